The molecule has 0 aromatic heterocycles. The number of urea groups is 1. The predicted molar refractivity (Wildman–Crippen MR) is 89.4 cm³/mol. The number of carbonyl (C=O) groups is 1. The molecule has 0 atom stereocenters. The molecule has 0 aliphatic rings. The summed E-state index contributed by atoms with van der Waals surface area (Å²) < 4.78 is 18.9. The predicted octanol–water partition coefficient (Wildman–Crippen LogP) is 2.24. The minimum Gasteiger partial charge on any atom is -0.491 e. The first-order valence-electron chi connectivity index (χ1n) is 7.77. The SMILES string of the molecule is O=C(NCCc1ccccc1F)NCc1ccccc1OCCO. The van der Waals surface area contributed by atoms with Crippen LogP contribution in [0, 0.1) is 5.82 Å². The van der Waals surface area contributed by atoms with Gasteiger partial charge in [0.15, 0.2) is 0 Å². The highest BCUT2D eigenvalue weighted by Crippen LogP contribution is 2.17. The van der Waals surface area contributed by atoms with Gasteiger partial charge in [0.25, 0.3) is 0 Å². The number of nitrogens with one attached hydrogen (secondary N) is 2. The van der Waals surface area contributed by atoms with E-state index in [1.807, 2.05) is 18.2 Å². The molecular formula is C18H21FN2O3. The number of para-hydroxylation sites is 1. The van der Waals surface area contributed by atoms with Crippen LogP contribution in [0.3, 0.4) is 0 Å². The van der Waals surface area contributed by atoms with Crippen LogP contribution in [-0.4, -0.2) is 30.9 Å². The standard InChI is InChI=1S/C18H21FN2O3/c19-16-7-3-1-5-14(16)9-10-20-18(23)21-13-15-6-2-4-8-17(15)24-12-11-22/h1-8,22H,9-13H2,(H2,20,21,23). The van der Waals surface area contributed by atoms with E-state index in [9.17, 15) is 9.18 Å². The average molecular weight is 332 g/mol. The summed E-state index contributed by atoms with van der Waals surface area (Å²) in [4.78, 5) is 11.8. The maximum atomic E-state index is 13.5. The molecule has 0 radical (unpaired) electrons. The van der Waals surface area contributed by atoms with E-state index in [2.05, 4.69) is 10.6 Å². The van der Waals surface area contributed by atoms with Crippen molar-refractivity contribution in [2.75, 3.05) is 19.8 Å². The van der Waals surface area contributed by atoms with E-state index in [4.69, 9.17) is 9.84 Å². The lowest BCUT2D eigenvalue weighted by atomic mass is 10.1. The Morgan fingerprint density at radius 2 is 1.75 bits per heavy atom. The fourth-order valence-corrected chi connectivity index (χ4v) is 2.20. The topological polar surface area (TPSA) is 70.6 Å². The number of ether oxygens (including phenoxy) is 1. The number of benzene rings is 2. The molecule has 0 aliphatic heterocycles. The largest absolute Gasteiger partial charge is 0.491 e. The van der Waals surface area contributed by atoms with Gasteiger partial charge in [0.05, 0.1) is 6.61 Å². The fraction of sp³-hybridized carbons (Fsp3) is 0.278. The summed E-state index contributed by atoms with van der Waals surface area (Å²) >= 11 is 0. The molecule has 2 rings (SSSR count). The number of hydrogen-bond acceptors (Lipinski definition) is 3. The summed E-state index contributed by atoms with van der Waals surface area (Å²) in [6.45, 7) is 0.771. The summed E-state index contributed by atoms with van der Waals surface area (Å²) in [6.07, 6.45) is 0.427. The van der Waals surface area contributed by atoms with Crippen LogP contribution in [0.5, 0.6) is 5.75 Å². The minimum absolute atomic E-state index is 0.0711. The van der Waals surface area contributed by atoms with Crippen molar-refractivity contribution in [1.29, 1.82) is 0 Å². The van der Waals surface area contributed by atoms with E-state index in [1.54, 1.807) is 24.3 Å². The van der Waals surface area contributed by atoms with Crippen LogP contribution in [0.2, 0.25) is 0 Å². The zero-order valence-corrected chi connectivity index (χ0v) is 13.3. The van der Waals surface area contributed by atoms with Gasteiger partial charge in [0.2, 0.25) is 0 Å². The van der Waals surface area contributed by atoms with Crippen LogP contribution in [0.1, 0.15) is 11.1 Å². The van der Waals surface area contributed by atoms with Gasteiger partial charge in [-0.25, -0.2) is 9.18 Å². The molecule has 2 aromatic rings. The summed E-state index contributed by atoms with van der Waals surface area (Å²) in [5.74, 6) is 0.355. The minimum atomic E-state index is -0.330. The molecule has 128 valence electrons. The summed E-state index contributed by atoms with van der Waals surface area (Å²) in [6, 6.07) is 13.5. The molecule has 2 amide bonds. The first kappa shape index (κ1) is 17.7. The molecule has 0 saturated heterocycles. The van der Waals surface area contributed by atoms with Gasteiger partial charge in [-0.2, -0.15) is 0 Å². The van der Waals surface area contributed by atoms with Crippen LogP contribution in [-0.2, 0) is 13.0 Å². The third kappa shape index (κ3) is 5.55. The van der Waals surface area contributed by atoms with Crippen LogP contribution in [0.4, 0.5) is 9.18 Å². The number of hydrogen-bond donors (Lipinski definition) is 3. The van der Waals surface area contributed by atoms with Crippen LogP contribution in [0.25, 0.3) is 0 Å². The van der Waals surface area contributed by atoms with E-state index >= 15 is 0 Å². The van der Waals surface area contributed by atoms with Crippen molar-refractivity contribution in [2.45, 2.75) is 13.0 Å². The van der Waals surface area contributed by atoms with Gasteiger partial charge in [-0.1, -0.05) is 36.4 Å². The molecule has 0 unspecified atom stereocenters. The maximum Gasteiger partial charge on any atom is 0.315 e. The van der Waals surface area contributed by atoms with Gasteiger partial charge in [-0.05, 0) is 24.1 Å². The molecule has 2 aromatic carbocycles. The molecule has 0 saturated carbocycles. The molecule has 0 aliphatic carbocycles. The summed E-state index contributed by atoms with van der Waals surface area (Å²) in [7, 11) is 0. The summed E-state index contributed by atoms with van der Waals surface area (Å²) in [5.41, 5.74) is 1.38. The van der Waals surface area contributed by atoms with E-state index in [0.717, 1.165) is 5.56 Å². The molecule has 5 nitrogen and oxygen atoms in total. The molecule has 24 heavy (non-hydrogen) atoms. The molecule has 0 spiro atoms. The smallest absolute Gasteiger partial charge is 0.315 e. The monoisotopic (exact) mass is 332 g/mol. The Kier molecular flexibility index (Phi) is 7.04. The van der Waals surface area contributed by atoms with Gasteiger partial charge in [0, 0.05) is 18.7 Å². The van der Waals surface area contributed by atoms with E-state index < -0.39 is 0 Å². The third-order valence-electron chi connectivity index (χ3n) is 3.40. The lowest BCUT2D eigenvalue weighted by Gasteiger charge is -2.12. The Morgan fingerprint density at radius 1 is 1.04 bits per heavy atom. The third-order valence-corrected chi connectivity index (χ3v) is 3.40. The highest BCUT2D eigenvalue weighted by atomic mass is 19.1. The number of aliphatic hydroxyl groups is 1. The molecular weight excluding hydrogens is 311 g/mol. The quantitative estimate of drug-likeness (QED) is 0.694. The number of rotatable bonds is 8. The Labute approximate surface area is 140 Å². The second kappa shape index (κ2) is 9.52. The Bertz CT molecular complexity index is 664. The van der Waals surface area contributed by atoms with E-state index in [1.165, 1.54) is 6.07 Å². The normalized spacial score (nSPS) is 10.2. The van der Waals surface area contributed by atoms with Crippen molar-refractivity contribution in [3.63, 3.8) is 0 Å². The first-order valence-corrected chi connectivity index (χ1v) is 7.77. The first-order chi connectivity index (χ1) is 11.7. The van der Waals surface area contributed by atoms with Crippen molar-refractivity contribution in [2.24, 2.45) is 0 Å². The van der Waals surface area contributed by atoms with Crippen molar-refractivity contribution < 1.29 is 19.0 Å². The second-order valence-corrected chi connectivity index (χ2v) is 5.13. The summed E-state index contributed by atoms with van der Waals surface area (Å²) in [5, 5.41) is 14.2. The molecule has 6 heteroatoms. The van der Waals surface area contributed by atoms with Crippen LogP contribution >= 0.6 is 0 Å². The molecule has 0 fully saturated rings. The lowest BCUT2D eigenvalue weighted by molar-refractivity contribution is 0.200. The fourth-order valence-electron chi connectivity index (χ4n) is 2.20. The number of amides is 2. The Balaban J connectivity index is 1.76. The average Bonchev–Trinajstić information content (AvgIpc) is 2.60. The van der Waals surface area contributed by atoms with Gasteiger partial charge >= 0.3 is 6.03 Å². The second-order valence-electron chi connectivity index (χ2n) is 5.13. The van der Waals surface area contributed by atoms with Gasteiger partial charge < -0.3 is 20.5 Å². The van der Waals surface area contributed by atoms with Crippen molar-refractivity contribution in [1.82, 2.24) is 10.6 Å². The van der Waals surface area contributed by atoms with E-state index in [-0.39, 0.29) is 25.1 Å². The van der Waals surface area contributed by atoms with Crippen LogP contribution < -0.4 is 15.4 Å². The zero-order valence-electron chi connectivity index (χ0n) is 13.3. The van der Waals surface area contributed by atoms with E-state index in [0.29, 0.717) is 30.8 Å². The van der Waals surface area contributed by atoms with Gasteiger partial charge in [-0.15, -0.1) is 0 Å². The Morgan fingerprint density at radius 3 is 2.50 bits per heavy atom. The van der Waals surface area contributed by atoms with Crippen molar-refractivity contribution >= 4 is 6.03 Å². The number of aliphatic hydroxyl groups excluding tert-OH is 1. The van der Waals surface area contributed by atoms with Crippen molar-refractivity contribution in [3.05, 3.63) is 65.5 Å². The highest BCUT2D eigenvalue weighted by Gasteiger charge is 2.06. The van der Waals surface area contributed by atoms with Crippen molar-refractivity contribution in [3.8, 4) is 5.75 Å². The maximum absolute atomic E-state index is 13.5. The Hall–Kier alpha value is -2.60. The number of halogens is 1. The molecule has 0 bridgehead atoms. The number of carbonyl (C=O) groups excluding carboxylic acids is 1. The van der Waals surface area contributed by atoms with Gasteiger partial charge in [0.1, 0.15) is 18.2 Å². The zero-order chi connectivity index (χ0) is 17.2. The lowest BCUT2D eigenvalue weighted by Crippen LogP contribution is -2.36. The van der Waals surface area contributed by atoms with Crippen LogP contribution in [0.15, 0.2) is 48.5 Å². The molecule has 0 heterocycles. The molecule has 3 N–H and O–H groups in total. The van der Waals surface area contributed by atoms with Gasteiger partial charge in [-0.3, -0.25) is 0 Å². The highest BCUT2D eigenvalue weighted by molar-refractivity contribution is 5.73.